The van der Waals surface area contributed by atoms with Gasteiger partial charge in [-0.15, -0.1) is 0 Å². The highest BCUT2D eigenvalue weighted by molar-refractivity contribution is 6.29. The number of nitrogens with one attached hydrogen (secondary N) is 1. The minimum Gasteiger partial charge on any atom is -0.390 e. The zero-order chi connectivity index (χ0) is 7.82. The monoisotopic (exact) mass is 161 g/mol. The molecule has 1 N–H and O–H groups in total. The summed E-state index contributed by atoms with van der Waals surface area (Å²) in [6, 6.07) is 0. The summed E-state index contributed by atoms with van der Waals surface area (Å²) < 4.78 is 0. The van der Waals surface area contributed by atoms with Crippen LogP contribution < -0.4 is 5.32 Å². The predicted octanol–water partition coefficient (Wildman–Crippen LogP) is 2.87. The molecular weight excluding hydrogens is 146 g/mol. The molecule has 0 heterocycles. The molecule has 0 aliphatic heterocycles. The Bertz CT molecular complexity index is 95.4. The normalized spacial score (nSPS) is 11.7. The lowest BCUT2D eigenvalue weighted by atomic mass is 10.2. The molecule has 60 valence electrons. The summed E-state index contributed by atoms with van der Waals surface area (Å²) in [6.45, 7) is 5.11. The summed E-state index contributed by atoms with van der Waals surface area (Å²) in [5.74, 6) is 0. The molecule has 1 nitrogen and oxygen atoms in total. The summed E-state index contributed by atoms with van der Waals surface area (Å²) in [5, 5.41) is 3.94. The number of rotatable bonds is 5. The molecule has 0 aliphatic carbocycles. The number of halogens is 1. The van der Waals surface area contributed by atoms with Crippen LogP contribution in [0.4, 0.5) is 0 Å². The van der Waals surface area contributed by atoms with E-state index in [2.05, 4.69) is 12.2 Å². The van der Waals surface area contributed by atoms with Crippen molar-refractivity contribution >= 4 is 11.6 Å². The van der Waals surface area contributed by atoms with Crippen molar-refractivity contribution in [3.05, 3.63) is 11.2 Å². The summed E-state index contributed by atoms with van der Waals surface area (Å²) in [5.41, 5.74) is 0. The van der Waals surface area contributed by atoms with Crippen molar-refractivity contribution in [3.63, 3.8) is 0 Å². The third kappa shape index (κ3) is 7.83. The highest BCUT2D eigenvalue weighted by Gasteiger charge is 1.82. The average Bonchev–Trinajstić information content (AvgIpc) is 1.87. The maximum Gasteiger partial charge on any atom is 0.0306 e. The molecule has 0 rings (SSSR count). The molecular formula is C8H16ClN. The maximum atomic E-state index is 5.59. The number of unbranched alkanes of at least 4 members (excludes halogenated alkanes) is 2. The molecule has 0 saturated heterocycles. The number of hydrogen-bond donors (Lipinski definition) is 1. The Morgan fingerprint density at radius 3 is 2.70 bits per heavy atom. The van der Waals surface area contributed by atoms with Gasteiger partial charge in [0.2, 0.25) is 0 Å². The summed E-state index contributed by atoms with van der Waals surface area (Å²) in [6.07, 6.45) is 5.64. The molecule has 0 saturated carbocycles. The summed E-state index contributed by atoms with van der Waals surface area (Å²) in [4.78, 5) is 0. The molecule has 0 aromatic heterocycles. The third-order valence-electron chi connectivity index (χ3n) is 1.23. The van der Waals surface area contributed by atoms with Crippen molar-refractivity contribution in [1.82, 2.24) is 5.32 Å². The zero-order valence-electron chi connectivity index (χ0n) is 6.78. The van der Waals surface area contributed by atoms with Gasteiger partial charge in [-0.25, -0.2) is 0 Å². The van der Waals surface area contributed by atoms with Crippen molar-refractivity contribution < 1.29 is 0 Å². The van der Waals surface area contributed by atoms with Gasteiger partial charge in [0.25, 0.3) is 0 Å². The first-order valence-electron chi connectivity index (χ1n) is 3.83. The fraction of sp³-hybridized carbons (Fsp3) is 0.750. The standard InChI is InChI=1S/C8H16ClN/c1-3-4-5-6-10-7-8(2)9/h7,10H,3-6H2,1-2H3. The molecule has 10 heavy (non-hydrogen) atoms. The first-order chi connectivity index (χ1) is 4.77. The fourth-order valence-electron chi connectivity index (χ4n) is 0.690. The van der Waals surface area contributed by atoms with Gasteiger partial charge >= 0.3 is 0 Å². The molecule has 0 aliphatic rings. The Morgan fingerprint density at radius 1 is 1.50 bits per heavy atom. The van der Waals surface area contributed by atoms with Gasteiger partial charge in [-0.2, -0.15) is 0 Å². The number of allylic oxidation sites excluding steroid dienone is 1. The minimum atomic E-state index is 0.816. The van der Waals surface area contributed by atoms with E-state index in [4.69, 9.17) is 11.6 Å². The molecule has 0 spiro atoms. The van der Waals surface area contributed by atoms with Crippen LogP contribution in [0.15, 0.2) is 11.2 Å². The minimum absolute atomic E-state index is 0.816. The van der Waals surface area contributed by atoms with Crippen LogP contribution in [0.3, 0.4) is 0 Å². The molecule has 0 bridgehead atoms. The molecule has 0 fully saturated rings. The largest absolute Gasteiger partial charge is 0.390 e. The first kappa shape index (κ1) is 9.83. The van der Waals surface area contributed by atoms with Gasteiger partial charge in [0, 0.05) is 17.8 Å². The van der Waals surface area contributed by atoms with Crippen molar-refractivity contribution in [2.75, 3.05) is 6.54 Å². The van der Waals surface area contributed by atoms with Gasteiger partial charge in [0.05, 0.1) is 0 Å². The lowest BCUT2D eigenvalue weighted by Crippen LogP contribution is -2.06. The van der Waals surface area contributed by atoms with Crippen molar-refractivity contribution in [3.8, 4) is 0 Å². The van der Waals surface area contributed by atoms with E-state index in [1.165, 1.54) is 19.3 Å². The van der Waals surface area contributed by atoms with Gasteiger partial charge in [0.15, 0.2) is 0 Å². The molecule has 2 heteroatoms. The van der Waals surface area contributed by atoms with E-state index in [0.29, 0.717) is 0 Å². The molecule has 0 aromatic rings. The average molecular weight is 162 g/mol. The second-order valence-electron chi connectivity index (χ2n) is 2.39. The number of hydrogen-bond acceptors (Lipinski definition) is 1. The fourth-order valence-corrected chi connectivity index (χ4v) is 0.767. The van der Waals surface area contributed by atoms with Crippen LogP contribution >= 0.6 is 11.6 Å². The van der Waals surface area contributed by atoms with Crippen LogP contribution in [0, 0.1) is 0 Å². The lowest BCUT2D eigenvalue weighted by Gasteiger charge is -1.98. The predicted molar refractivity (Wildman–Crippen MR) is 47.1 cm³/mol. The van der Waals surface area contributed by atoms with Gasteiger partial charge in [-0.05, 0) is 13.3 Å². The van der Waals surface area contributed by atoms with Gasteiger partial charge in [-0.3, -0.25) is 0 Å². The Balaban J connectivity index is 2.98. The van der Waals surface area contributed by atoms with E-state index in [1.807, 2.05) is 13.1 Å². The molecule has 0 atom stereocenters. The van der Waals surface area contributed by atoms with Crippen molar-refractivity contribution in [2.24, 2.45) is 0 Å². The second kappa shape index (κ2) is 6.94. The van der Waals surface area contributed by atoms with Gasteiger partial charge in [0.1, 0.15) is 0 Å². The highest BCUT2D eigenvalue weighted by atomic mass is 35.5. The van der Waals surface area contributed by atoms with E-state index < -0.39 is 0 Å². The smallest absolute Gasteiger partial charge is 0.0306 e. The molecule has 0 radical (unpaired) electrons. The molecule has 0 amide bonds. The van der Waals surface area contributed by atoms with Crippen LogP contribution in [0.1, 0.15) is 33.1 Å². The lowest BCUT2D eigenvalue weighted by molar-refractivity contribution is 0.682. The van der Waals surface area contributed by atoms with E-state index in [9.17, 15) is 0 Å². The van der Waals surface area contributed by atoms with E-state index in [0.717, 1.165) is 11.6 Å². The molecule has 0 aromatic carbocycles. The Labute approximate surface area is 68.5 Å². The quantitative estimate of drug-likeness (QED) is 0.612. The summed E-state index contributed by atoms with van der Waals surface area (Å²) in [7, 11) is 0. The van der Waals surface area contributed by atoms with Gasteiger partial charge < -0.3 is 5.32 Å². The van der Waals surface area contributed by atoms with E-state index in [1.54, 1.807) is 0 Å². The van der Waals surface area contributed by atoms with Crippen molar-refractivity contribution in [2.45, 2.75) is 33.1 Å². The van der Waals surface area contributed by atoms with Crippen LogP contribution in [0.25, 0.3) is 0 Å². The Hall–Kier alpha value is -0.170. The third-order valence-corrected chi connectivity index (χ3v) is 1.33. The van der Waals surface area contributed by atoms with E-state index >= 15 is 0 Å². The topological polar surface area (TPSA) is 12.0 Å². The van der Waals surface area contributed by atoms with Crippen molar-refractivity contribution in [1.29, 1.82) is 0 Å². The zero-order valence-corrected chi connectivity index (χ0v) is 7.54. The highest BCUT2D eigenvalue weighted by Crippen LogP contribution is 1.95. The SMILES string of the molecule is CCCCCNC=C(C)Cl. The summed E-state index contributed by atoms with van der Waals surface area (Å²) >= 11 is 5.59. The van der Waals surface area contributed by atoms with Gasteiger partial charge in [-0.1, -0.05) is 31.4 Å². The first-order valence-corrected chi connectivity index (χ1v) is 4.20. The van der Waals surface area contributed by atoms with Crippen LogP contribution in [-0.2, 0) is 0 Å². The maximum absolute atomic E-state index is 5.59. The molecule has 0 unspecified atom stereocenters. The Kier molecular flexibility index (Phi) is 6.83. The van der Waals surface area contributed by atoms with E-state index in [-0.39, 0.29) is 0 Å². The van der Waals surface area contributed by atoms with Crippen LogP contribution in [0.5, 0.6) is 0 Å². The Morgan fingerprint density at radius 2 is 2.20 bits per heavy atom. The second-order valence-corrected chi connectivity index (χ2v) is 2.99. The van der Waals surface area contributed by atoms with Crippen LogP contribution in [-0.4, -0.2) is 6.54 Å². The van der Waals surface area contributed by atoms with Crippen LogP contribution in [0.2, 0.25) is 0 Å².